The molecule has 1 aliphatic rings. The first-order valence-electron chi connectivity index (χ1n) is 6.87. The minimum absolute atomic E-state index is 0.206. The van der Waals surface area contributed by atoms with E-state index < -0.39 is 24.1 Å². The maximum Gasteiger partial charge on any atom is 0.391 e. The van der Waals surface area contributed by atoms with Crippen LogP contribution in [0.25, 0.3) is 0 Å². The standard InChI is InChI=1S/C13H23F3N2O/c1-10(8-13(14,15)16)18-11(19)12(9-17)6-4-2-3-5-7-12/h10H,2-9,17H2,1H3,(H,18,19). The average molecular weight is 280 g/mol. The van der Waals surface area contributed by atoms with E-state index in [1.807, 2.05) is 0 Å². The van der Waals surface area contributed by atoms with Crippen LogP contribution >= 0.6 is 0 Å². The van der Waals surface area contributed by atoms with Crippen molar-refractivity contribution in [1.29, 1.82) is 0 Å². The largest absolute Gasteiger partial charge is 0.391 e. The second kappa shape index (κ2) is 6.59. The van der Waals surface area contributed by atoms with Gasteiger partial charge >= 0.3 is 6.18 Å². The summed E-state index contributed by atoms with van der Waals surface area (Å²) in [6.45, 7) is 1.59. The number of hydrogen-bond acceptors (Lipinski definition) is 2. The lowest BCUT2D eigenvalue weighted by Crippen LogP contribution is -2.49. The van der Waals surface area contributed by atoms with Gasteiger partial charge in [0.25, 0.3) is 0 Å². The Balaban J connectivity index is 2.62. The normalized spacial score (nSPS) is 21.5. The number of hydrogen-bond donors (Lipinski definition) is 2. The molecule has 1 amide bonds. The van der Waals surface area contributed by atoms with Crippen molar-refractivity contribution in [2.24, 2.45) is 11.1 Å². The molecule has 0 aliphatic heterocycles. The highest BCUT2D eigenvalue weighted by Gasteiger charge is 2.39. The number of halogens is 3. The fourth-order valence-electron chi connectivity index (χ4n) is 2.70. The third-order valence-electron chi connectivity index (χ3n) is 3.85. The molecule has 0 aromatic rings. The van der Waals surface area contributed by atoms with Crippen LogP contribution in [-0.2, 0) is 4.79 Å². The minimum atomic E-state index is -4.26. The van der Waals surface area contributed by atoms with Gasteiger partial charge in [0.15, 0.2) is 0 Å². The number of rotatable bonds is 4. The molecule has 0 radical (unpaired) electrons. The van der Waals surface area contributed by atoms with E-state index >= 15 is 0 Å². The lowest BCUT2D eigenvalue weighted by Gasteiger charge is -2.31. The number of carbonyl (C=O) groups excluding carboxylic acids is 1. The summed E-state index contributed by atoms with van der Waals surface area (Å²) in [5.41, 5.74) is 5.06. The summed E-state index contributed by atoms with van der Waals surface area (Å²) in [5, 5.41) is 2.49. The van der Waals surface area contributed by atoms with Gasteiger partial charge in [0.1, 0.15) is 0 Å². The summed E-state index contributed by atoms with van der Waals surface area (Å²) in [6.07, 6.45) is 0.0460. The second-order valence-corrected chi connectivity index (χ2v) is 5.59. The van der Waals surface area contributed by atoms with Crippen LogP contribution in [0, 0.1) is 5.41 Å². The molecule has 0 aromatic heterocycles. The molecule has 1 saturated carbocycles. The molecule has 19 heavy (non-hydrogen) atoms. The quantitative estimate of drug-likeness (QED) is 0.778. The van der Waals surface area contributed by atoms with Gasteiger partial charge in [0.05, 0.1) is 11.8 Å². The summed E-state index contributed by atoms with van der Waals surface area (Å²) >= 11 is 0. The van der Waals surface area contributed by atoms with Crippen LogP contribution in [0.5, 0.6) is 0 Å². The van der Waals surface area contributed by atoms with Crippen molar-refractivity contribution in [3.05, 3.63) is 0 Å². The Morgan fingerprint density at radius 3 is 2.21 bits per heavy atom. The Morgan fingerprint density at radius 1 is 1.26 bits per heavy atom. The third kappa shape index (κ3) is 5.01. The molecule has 0 aromatic carbocycles. The zero-order chi connectivity index (χ0) is 14.5. The molecular formula is C13H23F3N2O. The number of nitrogens with two attached hydrogens (primary N) is 1. The fraction of sp³-hybridized carbons (Fsp3) is 0.923. The van der Waals surface area contributed by atoms with Crippen molar-refractivity contribution in [3.8, 4) is 0 Å². The van der Waals surface area contributed by atoms with Crippen LogP contribution in [0.2, 0.25) is 0 Å². The molecule has 3 N–H and O–H groups in total. The highest BCUT2D eigenvalue weighted by atomic mass is 19.4. The molecule has 1 aliphatic carbocycles. The predicted molar refractivity (Wildman–Crippen MR) is 67.5 cm³/mol. The smallest absolute Gasteiger partial charge is 0.353 e. The molecule has 1 rings (SSSR count). The molecule has 6 heteroatoms. The van der Waals surface area contributed by atoms with Crippen molar-refractivity contribution in [3.63, 3.8) is 0 Å². The van der Waals surface area contributed by atoms with Crippen LogP contribution in [-0.4, -0.2) is 24.7 Å². The maximum absolute atomic E-state index is 12.3. The summed E-state index contributed by atoms with van der Waals surface area (Å²) in [7, 11) is 0. The second-order valence-electron chi connectivity index (χ2n) is 5.59. The van der Waals surface area contributed by atoms with E-state index in [1.54, 1.807) is 0 Å². The molecule has 0 saturated heterocycles. The van der Waals surface area contributed by atoms with Gasteiger partial charge in [-0.25, -0.2) is 0 Å². The highest BCUT2D eigenvalue weighted by Crippen LogP contribution is 2.34. The first kappa shape index (κ1) is 16.3. The van der Waals surface area contributed by atoms with E-state index in [2.05, 4.69) is 5.32 Å². The number of nitrogens with one attached hydrogen (secondary N) is 1. The van der Waals surface area contributed by atoms with Crippen LogP contribution in [0.15, 0.2) is 0 Å². The minimum Gasteiger partial charge on any atom is -0.353 e. The van der Waals surface area contributed by atoms with Crippen LogP contribution in [0.3, 0.4) is 0 Å². The zero-order valence-electron chi connectivity index (χ0n) is 11.4. The first-order chi connectivity index (χ1) is 8.79. The Bertz CT molecular complexity index is 297. The van der Waals surface area contributed by atoms with Crippen molar-refractivity contribution < 1.29 is 18.0 Å². The van der Waals surface area contributed by atoms with Gasteiger partial charge < -0.3 is 11.1 Å². The highest BCUT2D eigenvalue weighted by molar-refractivity contribution is 5.83. The Hall–Kier alpha value is -0.780. The molecule has 3 nitrogen and oxygen atoms in total. The zero-order valence-corrected chi connectivity index (χ0v) is 11.4. The summed E-state index contributed by atoms with van der Waals surface area (Å²) < 4.78 is 36.8. The lowest BCUT2D eigenvalue weighted by atomic mass is 9.79. The number of alkyl halides is 3. The van der Waals surface area contributed by atoms with Crippen molar-refractivity contribution >= 4 is 5.91 Å². The molecule has 0 spiro atoms. The Morgan fingerprint density at radius 2 is 1.79 bits per heavy atom. The maximum atomic E-state index is 12.3. The average Bonchev–Trinajstić information content (AvgIpc) is 2.52. The van der Waals surface area contributed by atoms with E-state index in [9.17, 15) is 18.0 Å². The van der Waals surface area contributed by atoms with Gasteiger partial charge in [-0.2, -0.15) is 13.2 Å². The summed E-state index contributed by atoms with van der Waals surface area (Å²) in [4.78, 5) is 12.2. The summed E-state index contributed by atoms with van der Waals surface area (Å²) in [6, 6.07) is -0.904. The van der Waals surface area contributed by atoms with Crippen molar-refractivity contribution in [2.45, 2.75) is 64.1 Å². The van der Waals surface area contributed by atoms with Gasteiger partial charge in [-0.05, 0) is 19.8 Å². The van der Waals surface area contributed by atoms with Gasteiger partial charge in [-0.1, -0.05) is 25.7 Å². The lowest BCUT2D eigenvalue weighted by molar-refractivity contribution is -0.144. The SMILES string of the molecule is CC(CC(F)(F)F)NC(=O)C1(CN)CCCCCC1. The van der Waals surface area contributed by atoms with Crippen molar-refractivity contribution in [1.82, 2.24) is 5.32 Å². The van der Waals surface area contributed by atoms with Gasteiger partial charge in [-0.3, -0.25) is 4.79 Å². The van der Waals surface area contributed by atoms with Crippen LogP contribution in [0.1, 0.15) is 51.9 Å². The monoisotopic (exact) mass is 280 g/mol. The first-order valence-corrected chi connectivity index (χ1v) is 6.87. The van der Waals surface area contributed by atoms with E-state index in [-0.39, 0.29) is 12.5 Å². The molecule has 0 heterocycles. The molecule has 1 unspecified atom stereocenters. The number of amides is 1. The predicted octanol–water partition coefficient (Wildman–Crippen LogP) is 2.74. The third-order valence-corrected chi connectivity index (χ3v) is 3.85. The van der Waals surface area contributed by atoms with E-state index in [0.717, 1.165) is 25.7 Å². The van der Waals surface area contributed by atoms with Gasteiger partial charge in [0.2, 0.25) is 5.91 Å². The molecule has 112 valence electrons. The van der Waals surface area contributed by atoms with E-state index in [0.29, 0.717) is 12.8 Å². The molecular weight excluding hydrogens is 257 g/mol. The van der Waals surface area contributed by atoms with Crippen molar-refractivity contribution in [2.75, 3.05) is 6.54 Å². The van der Waals surface area contributed by atoms with E-state index in [4.69, 9.17) is 5.73 Å². The summed E-state index contributed by atoms with van der Waals surface area (Å²) in [5.74, 6) is -0.311. The fourth-order valence-corrected chi connectivity index (χ4v) is 2.70. The number of carbonyl (C=O) groups is 1. The van der Waals surface area contributed by atoms with Gasteiger partial charge in [-0.15, -0.1) is 0 Å². The van der Waals surface area contributed by atoms with Crippen LogP contribution < -0.4 is 11.1 Å². The molecule has 0 bridgehead atoms. The topological polar surface area (TPSA) is 55.1 Å². The molecule has 1 atom stereocenters. The Labute approximate surface area is 112 Å². The van der Waals surface area contributed by atoms with E-state index in [1.165, 1.54) is 6.92 Å². The molecule has 1 fully saturated rings. The van der Waals surface area contributed by atoms with Crippen LogP contribution in [0.4, 0.5) is 13.2 Å². The Kier molecular flexibility index (Phi) is 5.64. The van der Waals surface area contributed by atoms with Gasteiger partial charge in [0, 0.05) is 12.6 Å².